The topological polar surface area (TPSA) is 47.6 Å². The van der Waals surface area contributed by atoms with Gasteiger partial charge in [-0.1, -0.05) is 54.6 Å². The first-order valence-electron chi connectivity index (χ1n) is 9.83. The molecule has 5 heteroatoms. The first kappa shape index (κ1) is 18.2. The second kappa shape index (κ2) is 8.21. The number of nitrogens with zero attached hydrogens (tertiary/aromatic N) is 2. The van der Waals surface area contributed by atoms with E-state index in [9.17, 15) is 4.79 Å². The largest absolute Gasteiger partial charge is 0.340 e. The third kappa shape index (κ3) is 4.21. The highest BCUT2D eigenvalue weighted by Gasteiger charge is 2.32. The predicted molar refractivity (Wildman–Crippen MR) is 107 cm³/mol. The van der Waals surface area contributed by atoms with Gasteiger partial charge in [-0.15, -0.1) is 0 Å². The number of amides is 1. The monoisotopic (exact) mass is 364 g/mol. The van der Waals surface area contributed by atoms with Gasteiger partial charge in [0.2, 0.25) is 5.91 Å². The van der Waals surface area contributed by atoms with Crippen molar-refractivity contribution >= 4 is 5.91 Å². The Bertz CT molecular complexity index is 771. The van der Waals surface area contributed by atoms with Crippen LogP contribution in [0.25, 0.3) is 0 Å². The summed E-state index contributed by atoms with van der Waals surface area (Å²) in [5, 5.41) is 0. The van der Waals surface area contributed by atoms with E-state index >= 15 is 0 Å². The molecule has 2 aliphatic rings. The molecular weight excluding hydrogens is 336 g/mol. The summed E-state index contributed by atoms with van der Waals surface area (Å²) >= 11 is 0. The molecule has 2 aliphatic heterocycles. The van der Waals surface area contributed by atoms with Gasteiger partial charge in [-0.05, 0) is 30.0 Å². The Balaban J connectivity index is 1.28. The van der Waals surface area contributed by atoms with Gasteiger partial charge >= 0.3 is 0 Å². The molecule has 0 aromatic heterocycles. The van der Waals surface area contributed by atoms with Crippen LogP contribution in [-0.4, -0.2) is 48.1 Å². The van der Waals surface area contributed by atoms with Crippen molar-refractivity contribution in [3.8, 4) is 0 Å². The van der Waals surface area contributed by atoms with Crippen molar-refractivity contribution in [3.63, 3.8) is 0 Å². The van der Waals surface area contributed by atoms with E-state index in [1.54, 1.807) is 0 Å². The van der Waals surface area contributed by atoms with Crippen LogP contribution >= 0.6 is 0 Å². The molecule has 5 nitrogen and oxygen atoms in total. The van der Waals surface area contributed by atoms with Crippen molar-refractivity contribution in [1.82, 2.24) is 20.7 Å². The first-order chi connectivity index (χ1) is 13.2. The quantitative estimate of drug-likeness (QED) is 0.874. The van der Waals surface area contributed by atoms with Crippen LogP contribution in [0.1, 0.15) is 29.2 Å². The van der Waals surface area contributed by atoms with E-state index in [2.05, 4.69) is 65.1 Å². The third-order valence-electron chi connectivity index (χ3n) is 5.80. The van der Waals surface area contributed by atoms with Crippen LogP contribution in [0, 0.1) is 6.92 Å². The molecule has 2 atom stereocenters. The predicted octanol–water partition coefficient (Wildman–Crippen LogP) is 2.25. The van der Waals surface area contributed by atoms with Gasteiger partial charge in [-0.2, -0.15) is 0 Å². The second-order valence-corrected chi connectivity index (χ2v) is 7.52. The molecule has 142 valence electrons. The zero-order chi connectivity index (χ0) is 18.6. The van der Waals surface area contributed by atoms with Crippen LogP contribution < -0.4 is 10.9 Å². The molecule has 2 N–H and O–H groups in total. The Morgan fingerprint density at radius 3 is 2.41 bits per heavy atom. The maximum Gasteiger partial charge on any atom is 0.227 e. The van der Waals surface area contributed by atoms with Gasteiger partial charge in [0, 0.05) is 32.2 Å². The molecule has 2 fully saturated rings. The molecule has 0 aliphatic carbocycles. The first-order valence-corrected chi connectivity index (χ1v) is 9.83. The number of carbonyl (C=O) groups is 1. The molecule has 2 aromatic carbocycles. The summed E-state index contributed by atoms with van der Waals surface area (Å²) in [7, 11) is 0. The van der Waals surface area contributed by atoms with Crippen LogP contribution in [-0.2, 0) is 11.2 Å². The number of hydrogen-bond acceptors (Lipinski definition) is 4. The molecule has 27 heavy (non-hydrogen) atoms. The number of benzene rings is 2. The van der Waals surface area contributed by atoms with E-state index in [-0.39, 0.29) is 5.91 Å². The summed E-state index contributed by atoms with van der Waals surface area (Å²) in [5.74, 6) is 0.239. The van der Waals surface area contributed by atoms with Crippen LogP contribution in [0.4, 0.5) is 0 Å². The number of carbonyl (C=O) groups excluding carboxylic acids is 1. The Hall–Kier alpha value is -2.21. The third-order valence-corrected chi connectivity index (χ3v) is 5.80. The molecule has 2 heterocycles. The number of hydrazine groups is 1. The van der Waals surface area contributed by atoms with Gasteiger partial charge in [0.15, 0.2) is 0 Å². The Morgan fingerprint density at radius 2 is 1.67 bits per heavy atom. The van der Waals surface area contributed by atoms with Gasteiger partial charge in [0.25, 0.3) is 0 Å². The smallest absolute Gasteiger partial charge is 0.227 e. The van der Waals surface area contributed by atoms with Gasteiger partial charge in [-0.3, -0.25) is 9.69 Å². The van der Waals surface area contributed by atoms with Gasteiger partial charge in [0.1, 0.15) is 0 Å². The summed E-state index contributed by atoms with van der Waals surface area (Å²) in [6, 6.07) is 19.1. The van der Waals surface area contributed by atoms with Crippen molar-refractivity contribution in [3.05, 3.63) is 71.3 Å². The average molecular weight is 364 g/mol. The molecular formula is C22H28N4O. The van der Waals surface area contributed by atoms with Crippen molar-refractivity contribution < 1.29 is 4.79 Å². The van der Waals surface area contributed by atoms with E-state index in [0.29, 0.717) is 18.6 Å². The standard InChI is InChI=1S/C22H28N4O/c1-17-7-5-6-10-19(17)15-22(27)26-13-11-25(12-14-26)21-16-20(23-24-21)18-8-3-2-4-9-18/h2-10,20-21,23-24H,11-16H2,1H3. The normalized spacial score (nSPS) is 23.5. The molecule has 2 unspecified atom stereocenters. The highest BCUT2D eigenvalue weighted by atomic mass is 16.2. The second-order valence-electron chi connectivity index (χ2n) is 7.52. The summed E-state index contributed by atoms with van der Waals surface area (Å²) in [6.45, 7) is 5.51. The van der Waals surface area contributed by atoms with Crippen LogP contribution in [0.3, 0.4) is 0 Å². The van der Waals surface area contributed by atoms with Crippen LogP contribution in [0.2, 0.25) is 0 Å². The molecule has 0 saturated carbocycles. The molecule has 2 aromatic rings. The molecule has 0 spiro atoms. The van der Waals surface area contributed by atoms with Crippen molar-refractivity contribution in [2.45, 2.75) is 32.0 Å². The molecule has 2 saturated heterocycles. The highest BCUT2D eigenvalue weighted by molar-refractivity contribution is 5.79. The lowest BCUT2D eigenvalue weighted by atomic mass is 10.0. The average Bonchev–Trinajstić information content (AvgIpc) is 3.21. The van der Waals surface area contributed by atoms with Crippen molar-refractivity contribution in [2.24, 2.45) is 0 Å². The van der Waals surface area contributed by atoms with Gasteiger partial charge in [0.05, 0.1) is 12.6 Å². The maximum absolute atomic E-state index is 12.7. The Labute approximate surface area is 161 Å². The van der Waals surface area contributed by atoms with E-state index in [1.165, 1.54) is 11.1 Å². The van der Waals surface area contributed by atoms with Crippen molar-refractivity contribution in [1.29, 1.82) is 0 Å². The lowest BCUT2D eigenvalue weighted by Crippen LogP contribution is -2.55. The zero-order valence-corrected chi connectivity index (χ0v) is 15.9. The van der Waals surface area contributed by atoms with Gasteiger partial charge in [-0.25, -0.2) is 10.9 Å². The summed E-state index contributed by atoms with van der Waals surface area (Å²) in [6.07, 6.45) is 1.87. The van der Waals surface area contributed by atoms with E-state index in [4.69, 9.17) is 0 Å². The molecule has 0 radical (unpaired) electrons. The minimum absolute atomic E-state index is 0.239. The number of nitrogens with one attached hydrogen (secondary N) is 2. The summed E-state index contributed by atoms with van der Waals surface area (Å²) < 4.78 is 0. The fourth-order valence-electron chi connectivity index (χ4n) is 4.05. The van der Waals surface area contributed by atoms with Crippen molar-refractivity contribution in [2.75, 3.05) is 26.2 Å². The lowest BCUT2D eigenvalue weighted by Gasteiger charge is -2.37. The minimum Gasteiger partial charge on any atom is -0.340 e. The van der Waals surface area contributed by atoms with E-state index in [0.717, 1.165) is 38.2 Å². The lowest BCUT2D eigenvalue weighted by molar-refractivity contribution is -0.132. The summed E-state index contributed by atoms with van der Waals surface area (Å²) in [4.78, 5) is 17.1. The minimum atomic E-state index is 0.239. The zero-order valence-electron chi connectivity index (χ0n) is 15.9. The van der Waals surface area contributed by atoms with Gasteiger partial charge < -0.3 is 4.90 Å². The molecule has 0 bridgehead atoms. The SMILES string of the molecule is Cc1ccccc1CC(=O)N1CCN(C2CC(c3ccccc3)NN2)CC1. The fourth-order valence-corrected chi connectivity index (χ4v) is 4.05. The van der Waals surface area contributed by atoms with Crippen LogP contribution in [0.5, 0.6) is 0 Å². The van der Waals surface area contributed by atoms with Crippen LogP contribution in [0.15, 0.2) is 54.6 Å². The highest BCUT2D eigenvalue weighted by Crippen LogP contribution is 2.24. The Morgan fingerprint density at radius 1 is 0.963 bits per heavy atom. The number of rotatable bonds is 4. The Kier molecular flexibility index (Phi) is 5.53. The summed E-state index contributed by atoms with van der Waals surface area (Å²) in [5.41, 5.74) is 10.5. The fraction of sp³-hybridized carbons (Fsp3) is 0.409. The van der Waals surface area contributed by atoms with E-state index < -0.39 is 0 Å². The number of hydrogen-bond donors (Lipinski definition) is 2. The number of aryl methyl sites for hydroxylation is 1. The van der Waals surface area contributed by atoms with E-state index in [1.807, 2.05) is 17.0 Å². The molecule has 1 amide bonds. The number of piperazine rings is 1. The maximum atomic E-state index is 12.7. The molecule has 4 rings (SSSR count).